The molecular formula is C23H24N2O6S. The minimum atomic E-state index is -3.39. The van der Waals surface area contributed by atoms with Crippen LogP contribution in [0.1, 0.15) is 56.4 Å². The van der Waals surface area contributed by atoms with Gasteiger partial charge in [-0.1, -0.05) is 12.1 Å². The Kier molecular flexibility index (Phi) is 5.77. The first-order valence-electron chi connectivity index (χ1n) is 10.4. The maximum Gasteiger partial charge on any atom is 0.338 e. The first kappa shape index (κ1) is 22.0. The summed E-state index contributed by atoms with van der Waals surface area (Å²) in [6, 6.07) is 11.4. The number of ether oxygens (including phenoxy) is 1. The monoisotopic (exact) mass is 456 g/mol. The van der Waals surface area contributed by atoms with Crippen molar-refractivity contribution in [2.75, 3.05) is 23.7 Å². The van der Waals surface area contributed by atoms with Gasteiger partial charge in [0.05, 0.1) is 35.2 Å². The summed E-state index contributed by atoms with van der Waals surface area (Å²) in [5.41, 5.74) is 2.60. The lowest BCUT2D eigenvalue weighted by Crippen LogP contribution is -2.34. The van der Waals surface area contributed by atoms with E-state index >= 15 is 0 Å². The lowest BCUT2D eigenvalue weighted by Gasteiger charge is -2.21. The van der Waals surface area contributed by atoms with E-state index < -0.39 is 16.0 Å². The predicted octanol–water partition coefficient (Wildman–Crippen LogP) is 2.63. The number of imide groups is 1. The standard InChI is InChI=1S/C23H24N2O6S/c1-15-13-17-14-16(9-10-20(17)25(15)32(2,29)30)23(28)31-12-6-5-11-24-21(26)18-7-3-4-8-19(18)22(24)27/h3-4,7-10,14-15H,5-6,11-13H2,1-2H3. The van der Waals surface area contributed by atoms with Crippen LogP contribution in [0.4, 0.5) is 5.69 Å². The summed E-state index contributed by atoms with van der Waals surface area (Å²) in [5, 5.41) is 0. The maximum absolute atomic E-state index is 12.4. The van der Waals surface area contributed by atoms with Crippen LogP contribution in [0.25, 0.3) is 0 Å². The minimum absolute atomic E-state index is 0.158. The summed E-state index contributed by atoms with van der Waals surface area (Å²) in [7, 11) is -3.39. The van der Waals surface area contributed by atoms with E-state index in [1.165, 1.54) is 15.5 Å². The number of fused-ring (bicyclic) bond motifs is 2. The zero-order valence-electron chi connectivity index (χ0n) is 17.9. The molecule has 2 aromatic rings. The SMILES string of the molecule is CC1Cc2cc(C(=O)OCCCCN3C(=O)c4ccccc4C3=O)ccc2N1S(C)(=O)=O. The number of esters is 1. The Hall–Kier alpha value is -3.20. The van der Waals surface area contributed by atoms with Gasteiger partial charge in [-0.25, -0.2) is 13.2 Å². The first-order chi connectivity index (χ1) is 15.2. The van der Waals surface area contributed by atoms with Crippen molar-refractivity contribution in [3.8, 4) is 0 Å². The van der Waals surface area contributed by atoms with E-state index in [0.29, 0.717) is 41.6 Å². The number of anilines is 1. The van der Waals surface area contributed by atoms with Gasteiger partial charge in [0, 0.05) is 12.6 Å². The summed E-state index contributed by atoms with van der Waals surface area (Å²) < 4.78 is 30.7. The van der Waals surface area contributed by atoms with Gasteiger partial charge >= 0.3 is 5.97 Å². The molecule has 2 heterocycles. The molecule has 1 unspecified atom stereocenters. The highest BCUT2D eigenvalue weighted by Gasteiger charge is 2.35. The van der Waals surface area contributed by atoms with Crippen LogP contribution >= 0.6 is 0 Å². The molecule has 8 nitrogen and oxygen atoms in total. The largest absolute Gasteiger partial charge is 0.462 e. The number of carbonyl (C=O) groups is 3. The molecule has 2 aromatic carbocycles. The van der Waals surface area contributed by atoms with E-state index in [4.69, 9.17) is 4.74 Å². The number of hydrogen-bond donors (Lipinski definition) is 0. The second-order valence-corrected chi connectivity index (χ2v) is 9.97. The molecule has 0 aromatic heterocycles. The normalized spacial score (nSPS) is 17.5. The number of rotatable bonds is 7. The van der Waals surface area contributed by atoms with Gasteiger partial charge < -0.3 is 4.74 Å². The number of carbonyl (C=O) groups excluding carboxylic acids is 3. The van der Waals surface area contributed by atoms with E-state index in [-0.39, 0.29) is 31.0 Å². The molecule has 0 N–H and O–H groups in total. The molecule has 4 rings (SSSR count). The van der Waals surface area contributed by atoms with Gasteiger partial charge in [-0.05, 0) is 62.1 Å². The van der Waals surface area contributed by atoms with Crippen molar-refractivity contribution in [1.82, 2.24) is 4.90 Å². The summed E-state index contributed by atoms with van der Waals surface area (Å²) in [4.78, 5) is 38.3. The van der Waals surface area contributed by atoms with Crippen molar-refractivity contribution in [2.24, 2.45) is 0 Å². The van der Waals surface area contributed by atoms with Gasteiger partial charge in [0.1, 0.15) is 0 Å². The Morgan fingerprint density at radius 2 is 1.72 bits per heavy atom. The number of unbranched alkanes of at least 4 members (excludes halogenated alkanes) is 1. The molecule has 0 radical (unpaired) electrons. The van der Waals surface area contributed by atoms with Crippen molar-refractivity contribution in [3.63, 3.8) is 0 Å². The Morgan fingerprint density at radius 3 is 2.34 bits per heavy atom. The van der Waals surface area contributed by atoms with Crippen molar-refractivity contribution in [2.45, 2.75) is 32.2 Å². The van der Waals surface area contributed by atoms with Crippen LogP contribution in [0.2, 0.25) is 0 Å². The Balaban J connectivity index is 1.28. The van der Waals surface area contributed by atoms with Crippen LogP contribution in [0.3, 0.4) is 0 Å². The fraction of sp³-hybridized carbons (Fsp3) is 0.348. The van der Waals surface area contributed by atoms with Gasteiger partial charge in [-0.3, -0.25) is 18.8 Å². The average molecular weight is 457 g/mol. The number of hydrogen-bond acceptors (Lipinski definition) is 6. The van der Waals surface area contributed by atoms with Gasteiger partial charge in [0.2, 0.25) is 10.0 Å². The van der Waals surface area contributed by atoms with Gasteiger partial charge in [-0.2, -0.15) is 0 Å². The smallest absolute Gasteiger partial charge is 0.338 e. The molecule has 0 bridgehead atoms. The number of amides is 2. The van der Waals surface area contributed by atoms with E-state index in [2.05, 4.69) is 0 Å². The predicted molar refractivity (Wildman–Crippen MR) is 118 cm³/mol. The fourth-order valence-electron chi connectivity index (χ4n) is 4.30. The second kappa shape index (κ2) is 8.38. The van der Waals surface area contributed by atoms with E-state index in [9.17, 15) is 22.8 Å². The molecule has 0 saturated heterocycles. The number of benzene rings is 2. The summed E-state index contributed by atoms with van der Waals surface area (Å²) in [6.07, 6.45) is 2.72. The fourth-order valence-corrected chi connectivity index (χ4v) is 5.56. The summed E-state index contributed by atoms with van der Waals surface area (Å²) in [6.45, 7) is 2.25. The highest BCUT2D eigenvalue weighted by atomic mass is 32.2. The zero-order chi connectivity index (χ0) is 23.0. The molecule has 0 aliphatic carbocycles. The molecule has 0 spiro atoms. The van der Waals surface area contributed by atoms with Crippen LogP contribution in [0.5, 0.6) is 0 Å². The molecule has 2 aliphatic heterocycles. The lowest BCUT2D eigenvalue weighted by atomic mass is 10.1. The van der Waals surface area contributed by atoms with Gasteiger partial charge in [0.25, 0.3) is 11.8 Å². The molecule has 32 heavy (non-hydrogen) atoms. The van der Waals surface area contributed by atoms with Gasteiger partial charge in [-0.15, -0.1) is 0 Å². The third-order valence-electron chi connectivity index (χ3n) is 5.71. The quantitative estimate of drug-likeness (QED) is 0.361. The molecule has 2 amide bonds. The Bertz CT molecular complexity index is 1170. The molecule has 0 saturated carbocycles. The van der Waals surface area contributed by atoms with Crippen molar-refractivity contribution in [3.05, 3.63) is 64.7 Å². The topological polar surface area (TPSA) is 101 Å². The van der Waals surface area contributed by atoms with Crippen LogP contribution < -0.4 is 4.31 Å². The minimum Gasteiger partial charge on any atom is -0.462 e. The third-order valence-corrected chi connectivity index (χ3v) is 6.98. The highest BCUT2D eigenvalue weighted by Crippen LogP contribution is 2.34. The van der Waals surface area contributed by atoms with E-state index in [1.54, 1.807) is 42.5 Å². The number of nitrogens with zero attached hydrogens (tertiary/aromatic N) is 2. The zero-order valence-corrected chi connectivity index (χ0v) is 18.7. The van der Waals surface area contributed by atoms with E-state index in [1.807, 2.05) is 6.92 Å². The lowest BCUT2D eigenvalue weighted by molar-refractivity contribution is 0.0485. The molecule has 2 aliphatic rings. The molecule has 9 heteroatoms. The van der Waals surface area contributed by atoms with Crippen molar-refractivity contribution < 1.29 is 27.5 Å². The summed E-state index contributed by atoms with van der Waals surface area (Å²) in [5.74, 6) is -1.07. The summed E-state index contributed by atoms with van der Waals surface area (Å²) >= 11 is 0. The van der Waals surface area contributed by atoms with Gasteiger partial charge in [0.15, 0.2) is 0 Å². The second-order valence-electron chi connectivity index (χ2n) is 8.11. The first-order valence-corrected chi connectivity index (χ1v) is 12.3. The maximum atomic E-state index is 12.4. The third kappa shape index (κ3) is 4.00. The molecular weight excluding hydrogens is 432 g/mol. The number of sulfonamides is 1. The van der Waals surface area contributed by atoms with Crippen LogP contribution in [-0.4, -0.2) is 56.6 Å². The molecule has 168 valence electrons. The van der Waals surface area contributed by atoms with Crippen LogP contribution in [0, 0.1) is 0 Å². The Labute approximate surface area is 186 Å². The average Bonchev–Trinajstić information content (AvgIpc) is 3.21. The Morgan fingerprint density at radius 1 is 1.06 bits per heavy atom. The van der Waals surface area contributed by atoms with Crippen LogP contribution in [-0.2, 0) is 21.2 Å². The molecule has 1 atom stereocenters. The molecule has 0 fully saturated rings. The van der Waals surface area contributed by atoms with E-state index in [0.717, 1.165) is 5.56 Å². The van der Waals surface area contributed by atoms with Crippen molar-refractivity contribution >= 4 is 33.5 Å². The van der Waals surface area contributed by atoms with Crippen molar-refractivity contribution in [1.29, 1.82) is 0 Å². The highest BCUT2D eigenvalue weighted by molar-refractivity contribution is 7.92. The van der Waals surface area contributed by atoms with Crippen LogP contribution in [0.15, 0.2) is 42.5 Å².